The summed E-state index contributed by atoms with van der Waals surface area (Å²) >= 11 is 0. The Kier molecular flexibility index (Phi) is 10.2. The predicted molar refractivity (Wildman–Crippen MR) is 166 cm³/mol. The van der Waals surface area contributed by atoms with E-state index < -0.39 is 6.10 Å². The fourth-order valence-electron chi connectivity index (χ4n) is 5.98. The van der Waals surface area contributed by atoms with Gasteiger partial charge in [-0.3, -0.25) is 9.80 Å². The lowest BCUT2D eigenvalue weighted by atomic mass is 9.99. The van der Waals surface area contributed by atoms with Gasteiger partial charge in [-0.1, -0.05) is 49.4 Å². The second-order valence-electron chi connectivity index (χ2n) is 11.4. The molecule has 4 aromatic rings. The molecule has 0 radical (unpaired) electrons. The molecule has 220 valence electrons. The van der Waals surface area contributed by atoms with Gasteiger partial charge in [0.2, 0.25) is 0 Å². The quantitative estimate of drug-likeness (QED) is 0.223. The van der Waals surface area contributed by atoms with E-state index in [1.807, 2.05) is 6.07 Å². The molecule has 1 aliphatic heterocycles. The van der Waals surface area contributed by atoms with Crippen LogP contribution in [0.1, 0.15) is 25.3 Å². The van der Waals surface area contributed by atoms with Crippen molar-refractivity contribution in [1.82, 2.24) is 14.4 Å². The number of aromatic nitrogens is 1. The second-order valence-corrected chi connectivity index (χ2v) is 11.4. The van der Waals surface area contributed by atoms with Crippen LogP contribution in [0.3, 0.4) is 0 Å². The molecule has 3 aromatic carbocycles. The molecule has 1 N–H and O–H groups in total. The van der Waals surface area contributed by atoms with E-state index in [1.54, 1.807) is 14.2 Å². The van der Waals surface area contributed by atoms with Gasteiger partial charge < -0.3 is 23.9 Å². The minimum absolute atomic E-state index is 0.517. The summed E-state index contributed by atoms with van der Waals surface area (Å²) in [5.41, 5.74) is 3.40. The third kappa shape index (κ3) is 7.41. The lowest BCUT2D eigenvalue weighted by Gasteiger charge is -2.30. The van der Waals surface area contributed by atoms with Crippen molar-refractivity contribution in [1.29, 1.82) is 0 Å². The van der Waals surface area contributed by atoms with Crippen LogP contribution >= 0.6 is 0 Å². The van der Waals surface area contributed by atoms with E-state index in [-0.39, 0.29) is 0 Å². The molecular weight excluding hydrogens is 514 g/mol. The average molecular weight is 560 g/mol. The number of para-hydroxylation sites is 2. The molecule has 1 fully saturated rings. The van der Waals surface area contributed by atoms with E-state index in [4.69, 9.17) is 14.2 Å². The Balaban J connectivity index is 1.23. The molecule has 2 heterocycles. The molecule has 0 unspecified atom stereocenters. The lowest BCUT2D eigenvalue weighted by Crippen LogP contribution is -2.36. The highest BCUT2D eigenvalue weighted by atomic mass is 16.5. The van der Waals surface area contributed by atoms with Crippen LogP contribution in [0.5, 0.6) is 11.5 Å². The highest BCUT2D eigenvalue weighted by Gasteiger charge is 2.18. The van der Waals surface area contributed by atoms with Crippen LogP contribution in [0, 0.1) is 5.92 Å². The Morgan fingerprint density at radius 2 is 1.59 bits per heavy atom. The molecule has 0 saturated carbocycles. The van der Waals surface area contributed by atoms with E-state index in [1.165, 1.54) is 23.6 Å². The molecule has 1 aromatic heterocycles. The Labute approximate surface area is 244 Å². The lowest BCUT2D eigenvalue weighted by molar-refractivity contribution is 0.0767. The summed E-state index contributed by atoms with van der Waals surface area (Å²) < 4.78 is 19.5. The maximum absolute atomic E-state index is 11.3. The molecule has 1 atom stereocenters. The molecule has 41 heavy (non-hydrogen) atoms. The molecule has 7 nitrogen and oxygen atoms in total. The third-order valence-electron chi connectivity index (χ3n) is 8.33. The van der Waals surface area contributed by atoms with Gasteiger partial charge in [-0.2, -0.15) is 0 Å². The SMILES string of the molecule is COCCN(Cc1ccc(OCCN2CCC(C)CC2)c(OC)c1)C[C@@H](O)Cn1c2ccccc2c2ccccc21. The van der Waals surface area contributed by atoms with Crippen LogP contribution in [0.4, 0.5) is 0 Å². The third-order valence-corrected chi connectivity index (χ3v) is 8.33. The van der Waals surface area contributed by atoms with Crippen molar-refractivity contribution >= 4 is 21.8 Å². The summed E-state index contributed by atoms with van der Waals surface area (Å²) in [5.74, 6) is 2.35. The van der Waals surface area contributed by atoms with Crippen LogP contribution in [-0.4, -0.2) is 85.7 Å². The zero-order valence-corrected chi connectivity index (χ0v) is 24.8. The van der Waals surface area contributed by atoms with E-state index >= 15 is 0 Å². The van der Waals surface area contributed by atoms with Gasteiger partial charge in [-0.05, 0) is 61.7 Å². The van der Waals surface area contributed by atoms with Crippen molar-refractivity contribution in [3.63, 3.8) is 0 Å². The molecule has 5 rings (SSSR count). The molecule has 0 bridgehead atoms. The van der Waals surface area contributed by atoms with Crippen LogP contribution in [0.2, 0.25) is 0 Å². The number of ether oxygens (including phenoxy) is 3. The second kappa shape index (κ2) is 14.2. The number of likely N-dealkylation sites (tertiary alicyclic amines) is 1. The van der Waals surface area contributed by atoms with Gasteiger partial charge >= 0.3 is 0 Å². The normalized spacial score (nSPS) is 15.6. The van der Waals surface area contributed by atoms with Crippen molar-refractivity contribution in [2.75, 3.05) is 60.2 Å². The van der Waals surface area contributed by atoms with E-state index in [0.717, 1.165) is 60.2 Å². The Bertz CT molecular complexity index is 1340. The van der Waals surface area contributed by atoms with Gasteiger partial charge in [-0.15, -0.1) is 0 Å². The number of hydrogen-bond acceptors (Lipinski definition) is 6. The van der Waals surface area contributed by atoms with Gasteiger partial charge in [0.15, 0.2) is 11.5 Å². The standard InChI is InChI=1S/C34H45N3O4/c1-26-14-16-35(17-15-26)19-21-41-33-13-12-27(22-34(33)40-3)23-36(18-20-39-2)24-28(38)25-37-31-10-6-4-8-29(31)30-9-5-7-11-32(30)37/h4-13,22,26,28,38H,14-21,23-25H2,1-3H3/t28-/m1/s1. The van der Waals surface area contributed by atoms with Crippen molar-refractivity contribution in [3.8, 4) is 11.5 Å². The number of hydrogen-bond donors (Lipinski definition) is 1. The summed E-state index contributed by atoms with van der Waals surface area (Å²) in [6.45, 7) is 9.26. The monoisotopic (exact) mass is 559 g/mol. The Hall–Kier alpha value is -3.10. The number of nitrogens with zero attached hydrogens (tertiary/aromatic N) is 3. The smallest absolute Gasteiger partial charge is 0.161 e. The fraction of sp³-hybridized carbons (Fsp3) is 0.471. The van der Waals surface area contributed by atoms with E-state index in [9.17, 15) is 5.11 Å². The van der Waals surface area contributed by atoms with Crippen LogP contribution in [0.15, 0.2) is 66.7 Å². The van der Waals surface area contributed by atoms with Gasteiger partial charge in [0, 0.05) is 55.1 Å². The number of rotatable bonds is 14. The van der Waals surface area contributed by atoms with Gasteiger partial charge in [0.05, 0.1) is 26.4 Å². The van der Waals surface area contributed by atoms with Crippen molar-refractivity contribution in [2.24, 2.45) is 5.92 Å². The molecular formula is C34H45N3O4. The summed E-state index contributed by atoms with van der Waals surface area (Å²) in [6.07, 6.45) is 1.99. The first-order chi connectivity index (χ1) is 20.1. The van der Waals surface area contributed by atoms with Crippen molar-refractivity contribution < 1.29 is 19.3 Å². The number of aliphatic hydroxyl groups excluding tert-OH is 1. The number of aliphatic hydroxyl groups is 1. The van der Waals surface area contributed by atoms with Gasteiger partial charge in [0.1, 0.15) is 6.61 Å². The van der Waals surface area contributed by atoms with Crippen molar-refractivity contribution in [2.45, 2.75) is 39.0 Å². The number of benzene rings is 3. The van der Waals surface area contributed by atoms with Crippen LogP contribution < -0.4 is 9.47 Å². The molecule has 7 heteroatoms. The Morgan fingerprint density at radius 1 is 0.902 bits per heavy atom. The first kappa shape index (κ1) is 29.4. The molecule has 0 aliphatic carbocycles. The summed E-state index contributed by atoms with van der Waals surface area (Å²) in [6, 6.07) is 23.0. The number of methoxy groups -OCH3 is 2. The fourth-order valence-corrected chi connectivity index (χ4v) is 5.98. The maximum atomic E-state index is 11.3. The van der Waals surface area contributed by atoms with E-state index in [0.29, 0.717) is 32.8 Å². The summed E-state index contributed by atoms with van der Waals surface area (Å²) in [7, 11) is 3.41. The molecule has 0 amide bonds. The number of piperidine rings is 1. The van der Waals surface area contributed by atoms with E-state index in [2.05, 4.69) is 82.0 Å². The first-order valence-electron chi connectivity index (χ1n) is 14.9. The van der Waals surface area contributed by atoms with Crippen LogP contribution in [-0.2, 0) is 17.8 Å². The van der Waals surface area contributed by atoms with Crippen LogP contribution in [0.25, 0.3) is 21.8 Å². The minimum atomic E-state index is -0.548. The highest BCUT2D eigenvalue weighted by Crippen LogP contribution is 2.30. The first-order valence-corrected chi connectivity index (χ1v) is 14.9. The molecule has 1 saturated heterocycles. The topological polar surface area (TPSA) is 59.3 Å². The zero-order chi connectivity index (χ0) is 28.6. The summed E-state index contributed by atoms with van der Waals surface area (Å²) in [5, 5.41) is 13.7. The largest absolute Gasteiger partial charge is 0.493 e. The van der Waals surface area contributed by atoms with Gasteiger partial charge in [0.25, 0.3) is 0 Å². The molecule has 0 spiro atoms. The highest BCUT2D eigenvalue weighted by molar-refractivity contribution is 6.07. The summed E-state index contributed by atoms with van der Waals surface area (Å²) in [4.78, 5) is 4.73. The van der Waals surface area contributed by atoms with Crippen molar-refractivity contribution in [3.05, 3.63) is 72.3 Å². The predicted octanol–water partition coefficient (Wildman–Crippen LogP) is 5.42. The number of fused-ring (bicyclic) bond motifs is 3. The van der Waals surface area contributed by atoms with Gasteiger partial charge in [-0.25, -0.2) is 0 Å². The minimum Gasteiger partial charge on any atom is -0.493 e. The Morgan fingerprint density at radius 3 is 2.24 bits per heavy atom. The maximum Gasteiger partial charge on any atom is 0.161 e. The zero-order valence-electron chi connectivity index (χ0n) is 24.8. The average Bonchev–Trinajstić information content (AvgIpc) is 3.30. The molecule has 1 aliphatic rings.